The summed E-state index contributed by atoms with van der Waals surface area (Å²) in [7, 11) is 0. The van der Waals surface area contributed by atoms with Crippen LogP contribution in [0.2, 0.25) is 0 Å². The molecule has 1 heterocycles. The Morgan fingerprint density at radius 1 is 1.17 bits per heavy atom. The number of rotatable bonds is 5. The zero-order valence-corrected chi connectivity index (χ0v) is 12.8. The van der Waals surface area contributed by atoms with Crippen LogP contribution in [0, 0.1) is 11.8 Å². The molecule has 2 rings (SSSR count). The zero-order chi connectivity index (χ0) is 13.0. The van der Waals surface area contributed by atoms with E-state index in [1.54, 1.807) is 0 Å². The van der Waals surface area contributed by atoms with Gasteiger partial charge in [0.1, 0.15) is 0 Å². The van der Waals surface area contributed by atoms with E-state index in [4.69, 9.17) is 0 Å². The molecule has 0 amide bonds. The smallest absolute Gasteiger partial charge is 0.0440 e. The van der Waals surface area contributed by atoms with E-state index in [1.165, 1.54) is 37.0 Å². The maximum Gasteiger partial charge on any atom is 0.0440 e. The van der Waals surface area contributed by atoms with Crippen molar-refractivity contribution < 1.29 is 0 Å². The van der Waals surface area contributed by atoms with Crippen LogP contribution < -0.4 is 5.32 Å². The molecule has 0 aromatic carbocycles. The first-order valence-corrected chi connectivity index (χ1v) is 8.36. The van der Waals surface area contributed by atoms with Gasteiger partial charge in [-0.2, -0.15) is 0 Å². The fraction of sp³-hybridized carbons (Fsp3) is 0.750. The minimum Gasteiger partial charge on any atom is -0.306 e. The van der Waals surface area contributed by atoms with Crippen LogP contribution in [0.5, 0.6) is 0 Å². The van der Waals surface area contributed by atoms with Crippen molar-refractivity contribution in [2.24, 2.45) is 11.8 Å². The minimum absolute atomic E-state index is 0.530. The second-order valence-corrected chi connectivity index (χ2v) is 7.07. The summed E-state index contributed by atoms with van der Waals surface area (Å²) >= 11 is 1.89. The third-order valence-electron chi connectivity index (χ3n) is 4.32. The largest absolute Gasteiger partial charge is 0.306 e. The van der Waals surface area contributed by atoms with Crippen molar-refractivity contribution in [1.82, 2.24) is 5.32 Å². The molecule has 1 aliphatic rings. The van der Waals surface area contributed by atoms with Crippen molar-refractivity contribution in [3.05, 3.63) is 22.4 Å². The van der Waals surface area contributed by atoms with E-state index in [9.17, 15) is 0 Å². The summed E-state index contributed by atoms with van der Waals surface area (Å²) in [6, 6.07) is 5.62. The van der Waals surface area contributed by atoms with Gasteiger partial charge >= 0.3 is 0 Å². The minimum atomic E-state index is 0.530. The van der Waals surface area contributed by atoms with Gasteiger partial charge in [-0.25, -0.2) is 0 Å². The predicted molar refractivity (Wildman–Crippen MR) is 81.1 cm³/mol. The van der Waals surface area contributed by atoms with Crippen LogP contribution in [-0.4, -0.2) is 6.04 Å². The SMILES string of the molecule is CC(C)C(N[C@H](C)C1CCCCC1)c1cccs1. The summed E-state index contributed by atoms with van der Waals surface area (Å²) in [5.41, 5.74) is 0. The standard InChI is InChI=1S/C16H27NS/c1-12(2)16(15-10-7-11-18-15)17-13(3)14-8-5-4-6-9-14/h7,10-14,16-17H,4-6,8-9H2,1-3H3/t13-,16?/m1/s1. The van der Waals surface area contributed by atoms with Gasteiger partial charge < -0.3 is 5.32 Å². The van der Waals surface area contributed by atoms with Crippen molar-refractivity contribution in [1.29, 1.82) is 0 Å². The summed E-state index contributed by atoms with van der Waals surface area (Å²) in [6.45, 7) is 7.04. The van der Waals surface area contributed by atoms with Crippen molar-refractivity contribution in [2.75, 3.05) is 0 Å². The average molecular weight is 265 g/mol. The quantitative estimate of drug-likeness (QED) is 0.789. The molecule has 1 aromatic rings. The van der Waals surface area contributed by atoms with Crippen LogP contribution in [0.3, 0.4) is 0 Å². The molecule has 0 radical (unpaired) electrons. The van der Waals surface area contributed by atoms with Crippen LogP contribution in [-0.2, 0) is 0 Å². The van der Waals surface area contributed by atoms with Gasteiger partial charge in [0, 0.05) is 17.0 Å². The normalized spacial score (nSPS) is 21.1. The zero-order valence-electron chi connectivity index (χ0n) is 12.0. The highest BCUT2D eigenvalue weighted by Crippen LogP contribution is 2.31. The van der Waals surface area contributed by atoms with Crippen LogP contribution in [0.4, 0.5) is 0 Å². The van der Waals surface area contributed by atoms with Gasteiger partial charge in [-0.3, -0.25) is 0 Å². The topological polar surface area (TPSA) is 12.0 Å². The predicted octanol–water partition coefficient (Wildman–Crippen LogP) is 5.00. The van der Waals surface area contributed by atoms with Crippen LogP contribution in [0.1, 0.15) is 63.8 Å². The average Bonchev–Trinajstić information content (AvgIpc) is 2.90. The Kier molecular flexibility index (Phi) is 5.25. The Bertz CT molecular complexity index is 325. The maximum atomic E-state index is 3.90. The molecule has 0 spiro atoms. The van der Waals surface area contributed by atoms with Gasteiger partial charge in [-0.1, -0.05) is 39.2 Å². The molecule has 1 aromatic heterocycles. The van der Waals surface area contributed by atoms with Gasteiger partial charge in [0.2, 0.25) is 0 Å². The molecule has 0 saturated heterocycles. The summed E-state index contributed by atoms with van der Waals surface area (Å²) in [4.78, 5) is 1.49. The number of thiophene rings is 1. The first-order chi connectivity index (χ1) is 8.68. The van der Waals surface area contributed by atoms with Gasteiger partial charge in [-0.15, -0.1) is 11.3 Å². The third-order valence-corrected chi connectivity index (χ3v) is 5.27. The Hall–Kier alpha value is -0.340. The van der Waals surface area contributed by atoms with Gasteiger partial charge in [0.25, 0.3) is 0 Å². The molecule has 18 heavy (non-hydrogen) atoms. The molecule has 102 valence electrons. The second-order valence-electron chi connectivity index (χ2n) is 6.09. The van der Waals surface area contributed by atoms with Gasteiger partial charge in [-0.05, 0) is 43.0 Å². The molecular formula is C16H27NS. The lowest BCUT2D eigenvalue weighted by Gasteiger charge is -2.33. The van der Waals surface area contributed by atoms with E-state index >= 15 is 0 Å². The molecule has 1 fully saturated rings. The molecule has 1 N–H and O–H groups in total. The fourth-order valence-corrected chi connectivity index (χ4v) is 4.08. The first kappa shape index (κ1) is 14.1. The van der Waals surface area contributed by atoms with E-state index in [0.29, 0.717) is 18.0 Å². The molecule has 2 atom stereocenters. The summed E-state index contributed by atoms with van der Waals surface area (Å²) < 4.78 is 0. The lowest BCUT2D eigenvalue weighted by atomic mass is 9.84. The van der Waals surface area contributed by atoms with E-state index < -0.39 is 0 Å². The van der Waals surface area contributed by atoms with Crippen LogP contribution >= 0.6 is 11.3 Å². The van der Waals surface area contributed by atoms with E-state index in [1.807, 2.05) is 11.3 Å². The van der Waals surface area contributed by atoms with E-state index in [2.05, 4.69) is 43.6 Å². The maximum absolute atomic E-state index is 3.90. The highest BCUT2D eigenvalue weighted by molar-refractivity contribution is 7.10. The fourth-order valence-electron chi connectivity index (χ4n) is 3.12. The molecule has 0 bridgehead atoms. The third kappa shape index (κ3) is 3.58. The monoisotopic (exact) mass is 265 g/mol. The van der Waals surface area contributed by atoms with Crippen molar-refractivity contribution in [2.45, 2.75) is 65.0 Å². The molecule has 1 aliphatic carbocycles. The van der Waals surface area contributed by atoms with Crippen LogP contribution in [0.15, 0.2) is 17.5 Å². The molecule has 1 unspecified atom stereocenters. The molecule has 1 saturated carbocycles. The molecule has 1 nitrogen and oxygen atoms in total. The van der Waals surface area contributed by atoms with Crippen molar-refractivity contribution in [3.8, 4) is 0 Å². The lowest BCUT2D eigenvalue weighted by molar-refractivity contribution is 0.248. The molecule has 0 aliphatic heterocycles. The Morgan fingerprint density at radius 3 is 2.44 bits per heavy atom. The van der Waals surface area contributed by atoms with Crippen molar-refractivity contribution >= 4 is 11.3 Å². The first-order valence-electron chi connectivity index (χ1n) is 7.48. The van der Waals surface area contributed by atoms with Crippen LogP contribution in [0.25, 0.3) is 0 Å². The highest BCUT2D eigenvalue weighted by atomic mass is 32.1. The highest BCUT2D eigenvalue weighted by Gasteiger charge is 2.24. The molecule has 2 heteroatoms. The van der Waals surface area contributed by atoms with Gasteiger partial charge in [0.05, 0.1) is 0 Å². The van der Waals surface area contributed by atoms with Gasteiger partial charge in [0.15, 0.2) is 0 Å². The Labute approximate surface area is 116 Å². The summed E-state index contributed by atoms with van der Waals surface area (Å²) in [5, 5.41) is 6.09. The second kappa shape index (κ2) is 6.72. The van der Waals surface area contributed by atoms with E-state index in [0.717, 1.165) is 5.92 Å². The number of hydrogen-bond donors (Lipinski definition) is 1. The number of hydrogen-bond acceptors (Lipinski definition) is 2. The Balaban J connectivity index is 1.96. The molecular weight excluding hydrogens is 238 g/mol. The summed E-state index contributed by atoms with van der Waals surface area (Å²) in [5.74, 6) is 1.55. The number of nitrogens with one attached hydrogen (secondary N) is 1. The lowest BCUT2D eigenvalue weighted by Crippen LogP contribution is -2.38. The van der Waals surface area contributed by atoms with Crippen molar-refractivity contribution in [3.63, 3.8) is 0 Å². The van der Waals surface area contributed by atoms with E-state index in [-0.39, 0.29) is 0 Å². The Morgan fingerprint density at radius 2 is 1.89 bits per heavy atom. The summed E-state index contributed by atoms with van der Waals surface area (Å²) in [6.07, 6.45) is 7.15.